The number of hydrogen-bond acceptors (Lipinski definition) is 5. The molecule has 27 heavy (non-hydrogen) atoms. The van der Waals surface area contributed by atoms with Crippen molar-refractivity contribution in [3.8, 4) is 0 Å². The SMILES string of the molecule is O=C(CCCCCN1C(=O)C=CC1=O)NC1C=C(C(=O)O)C(C(=O)O)CC1. The van der Waals surface area contributed by atoms with E-state index in [9.17, 15) is 24.0 Å². The molecule has 1 aliphatic heterocycles. The van der Waals surface area contributed by atoms with Gasteiger partial charge in [-0.1, -0.05) is 12.5 Å². The van der Waals surface area contributed by atoms with E-state index in [2.05, 4.69) is 5.32 Å². The highest BCUT2D eigenvalue weighted by Crippen LogP contribution is 2.25. The van der Waals surface area contributed by atoms with Gasteiger partial charge in [0.1, 0.15) is 0 Å². The van der Waals surface area contributed by atoms with Gasteiger partial charge in [0.2, 0.25) is 5.91 Å². The first-order chi connectivity index (χ1) is 12.8. The molecule has 0 saturated carbocycles. The van der Waals surface area contributed by atoms with Crippen LogP contribution in [-0.4, -0.2) is 57.4 Å². The zero-order chi connectivity index (χ0) is 20.0. The number of carboxylic acid groups (broad SMARTS) is 2. The maximum absolute atomic E-state index is 12.0. The Kier molecular flexibility index (Phi) is 6.86. The van der Waals surface area contributed by atoms with E-state index in [-0.39, 0.29) is 36.1 Å². The molecule has 9 nitrogen and oxygen atoms in total. The Morgan fingerprint density at radius 2 is 1.70 bits per heavy atom. The van der Waals surface area contributed by atoms with Crippen LogP contribution in [0.15, 0.2) is 23.8 Å². The number of hydrogen-bond donors (Lipinski definition) is 3. The maximum Gasteiger partial charge on any atom is 0.332 e. The van der Waals surface area contributed by atoms with Crippen LogP contribution in [0, 0.1) is 5.92 Å². The lowest BCUT2D eigenvalue weighted by atomic mass is 9.85. The summed E-state index contributed by atoms with van der Waals surface area (Å²) in [6, 6.07) is -0.495. The van der Waals surface area contributed by atoms with Gasteiger partial charge in [0.05, 0.1) is 5.92 Å². The van der Waals surface area contributed by atoms with E-state index in [0.717, 1.165) is 4.90 Å². The monoisotopic (exact) mass is 378 g/mol. The Bertz CT molecular complexity index is 692. The third-order valence-corrected chi connectivity index (χ3v) is 4.60. The van der Waals surface area contributed by atoms with E-state index in [1.165, 1.54) is 18.2 Å². The number of carboxylic acids is 2. The van der Waals surface area contributed by atoms with Gasteiger partial charge >= 0.3 is 11.9 Å². The summed E-state index contributed by atoms with van der Waals surface area (Å²) < 4.78 is 0. The number of amides is 3. The third-order valence-electron chi connectivity index (χ3n) is 4.60. The summed E-state index contributed by atoms with van der Waals surface area (Å²) in [5.74, 6) is -4.42. The minimum Gasteiger partial charge on any atom is -0.481 e. The molecule has 0 aromatic carbocycles. The number of carbonyl (C=O) groups excluding carboxylic acids is 3. The summed E-state index contributed by atoms with van der Waals surface area (Å²) in [7, 11) is 0. The van der Waals surface area contributed by atoms with Gasteiger partial charge < -0.3 is 15.5 Å². The van der Waals surface area contributed by atoms with Crippen molar-refractivity contribution in [2.24, 2.45) is 5.92 Å². The fraction of sp³-hybridized carbons (Fsp3) is 0.500. The van der Waals surface area contributed by atoms with Crippen LogP contribution in [0.3, 0.4) is 0 Å². The number of imide groups is 1. The van der Waals surface area contributed by atoms with Crippen molar-refractivity contribution in [1.82, 2.24) is 10.2 Å². The van der Waals surface area contributed by atoms with Crippen LogP contribution < -0.4 is 5.32 Å². The molecule has 2 unspecified atom stereocenters. The summed E-state index contributed by atoms with van der Waals surface area (Å²) in [4.78, 5) is 58.2. The van der Waals surface area contributed by atoms with E-state index in [1.807, 2.05) is 0 Å². The standard InChI is InChI=1S/C18H22N2O7/c21-14(4-2-1-3-9-20-15(22)7-8-16(20)23)19-11-5-6-12(17(24)25)13(10-11)18(26)27/h7-8,10-12H,1-6,9H2,(H,19,21)(H,24,25)(H,26,27). The summed E-state index contributed by atoms with van der Waals surface area (Å²) in [6.07, 6.45) is 6.34. The number of unbranched alkanes of at least 4 members (excludes halogenated alkanes) is 2. The topological polar surface area (TPSA) is 141 Å². The van der Waals surface area contributed by atoms with Gasteiger partial charge in [0.15, 0.2) is 0 Å². The van der Waals surface area contributed by atoms with Crippen molar-refractivity contribution in [3.63, 3.8) is 0 Å². The Morgan fingerprint density at radius 3 is 2.30 bits per heavy atom. The van der Waals surface area contributed by atoms with Crippen LogP contribution in [0.5, 0.6) is 0 Å². The number of carbonyl (C=O) groups is 5. The molecule has 0 aromatic rings. The van der Waals surface area contributed by atoms with Crippen LogP contribution in [-0.2, 0) is 24.0 Å². The molecule has 146 valence electrons. The van der Waals surface area contributed by atoms with Gasteiger partial charge in [-0.3, -0.25) is 24.1 Å². The minimum atomic E-state index is -1.29. The van der Waals surface area contributed by atoms with Crippen LogP contribution >= 0.6 is 0 Å². The fourth-order valence-electron chi connectivity index (χ4n) is 3.17. The first-order valence-electron chi connectivity index (χ1n) is 8.80. The predicted octanol–water partition coefficient (Wildman–Crippen LogP) is 0.462. The van der Waals surface area contributed by atoms with Crippen molar-refractivity contribution in [2.45, 2.75) is 44.6 Å². The largest absolute Gasteiger partial charge is 0.481 e. The van der Waals surface area contributed by atoms with Gasteiger partial charge in [-0.15, -0.1) is 0 Å². The highest BCUT2D eigenvalue weighted by Gasteiger charge is 2.32. The number of nitrogens with zero attached hydrogens (tertiary/aromatic N) is 1. The number of nitrogens with one attached hydrogen (secondary N) is 1. The molecular formula is C18H22N2O7. The molecule has 9 heteroatoms. The zero-order valence-electron chi connectivity index (χ0n) is 14.7. The van der Waals surface area contributed by atoms with E-state index in [0.29, 0.717) is 32.2 Å². The molecule has 3 N–H and O–H groups in total. The van der Waals surface area contributed by atoms with E-state index >= 15 is 0 Å². The molecule has 0 spiro atoms. The Labute approximate surface area is 155 Å². The van der Waals surface area contributed by atoms with E-state index in [1.54, 1.807) is 0 Å². The second-order valence-corrected chi connectivity index (χ2v) is 6.54. The van der Waals surface area contributed by atoms with Gasteiger partial charge in [0.25, 0.3) is 11.8 Å². The average molecular weight is 378 g/mol. The highest BCUT2D eigenvalue weighted by molar-refractivity contribution is 6.12. The normalized spacial score (nSPS) is 21.9. The predicted molar refractivity (Wildman–Crippen MR) is 92.3 cm³/mol. The van der Waals surface area contributed by atoms with Crippen LogP contribution in [0.25, 0.3) is 0 Å². The Morgan fingerprint density at radius 1 is 1.04 bits per heavy atom. The number of aliphatic carboxylic acids is 2. The van der Waals surface area contributed by atoms with E-state index in [4.69, 9.17) is 10.2 Å². The van der Waals surface area contributed by atoms with Crippen LogP contribution in [0.1, 0.15) is 38.5 Å². The fourth-order valence-corrected chi connectivity index (χ4v) is 3.17. The molecular weight excluding hydrogens is 356 g/mol. The zero-order valence-corrected chi connectivity index (χ0v) is 14.7. The van der Waals surface area contributed by atoms with Crippen molar-refractivity contribution in [1.29, 1.82) is 0 Å². The van der Waals surface area contributed by atoms with Crippen LogP contribution in [0.4, 0.5) is 0 Å². The molecule has 2 aliphatic rings. The second-order valence-electron chi connectivity index (χ2n) is 6.54. The van der Waals surface area contributed by atoms with Crippen molar-refractivity contribution in [3.05, 3.63) is 23.8 Å². The van der Waals surface area contributed by atoms with Gasteiger partial charge in [-0.2, -0.15) is 0 Å². The second kappa shape index (κ2) is 9.11. The first kappa shape index (κ1) is 20.3. The van der Waals surface area contributed by atoms with Gasteiger partial charge in [-0.05, 0) is 25.7 Å². The van der Waals surface area contributed by atoms with Gasteiger partial charge in [-0.25, -0.2) is 4.79 Å². The van der Waals surface area contributed by atoms with Gasteiger partial charge in [0, 0.05) is 36.7 Å². The Balaban J connectivity index is 1.71. The van der Waals surface area contributed by atoms with Crippen molar-refractivity contribution in [2.75, 3.05) is 6.54 Å². The number of rotatable bonds is 9. The van der Waals surface area contributed by atoms with Crippen LogP contribution in [0.2, 0.25) is 0 Å². The molecule has 0 fully saturated rings. The first-order valence-corrected chi connectivity index (χ1v) is 8.80. The summed E-state index contributed by atoms with van der Waals surface area (Å²) in [5, 5.41) is 20.9. The molecule has 2 rings (SSSR count). The molecule has 0 saturated heterocycles. The molecule has 3 amide bonds. The summed E-state index contributed by atoms with van der Waals surface area (Å²) in [6.45, 7) is 0.316. The quantitative estimate of drug-likeness (QED) is 0.391. The lowest BCUT2D eigenvalue weighted by Crippen LogP contribution is -2.38. The van der Waals surface area contributed by atoms with E-state index < -0.39 is 23.9 Å². The third kappa shape index (κ3) is 5.50. The lowest BCUT2D eigenvalue weighted by Gasteiger charge is -2.25. The molecule has 1 heterocycles. The molecule has 0 radical (unpaired) electrons. The minimum absolute atomic E-state index is 0.157. The molecule has 2 atom stereocenters. The smallest absolute Gasteiger partial charge is 0.332 e. The van der Waals surface area contributed by atoms with Crippen molar-refractivity contribution >= 4 is 29.7 Å². The molecule has 0 bridgehead atoms. The molecule has 0 aromatic heterocycles. The lowest BCUT2D eigenvalue weighted by molar-refractivity contribution is -0.144. The Hall–Kier alpha value is -2.97. The maximum atomic E-state index is 12.0. The average Bonchev–Trinajstić information content (AvgIpc) is 2.92. The summed E-state index contributed by atoms with van der Waals surface area (Å²) in [5.41, 5.74) is -0.201. The summed E-state index contributed by atoms with van der Waals surface area (Å²) >= 11 is 0. The molecule has 1 aliphatic carbocycles. The highest BCUT2D eigenvalue weighted by atomic mass is 16.4. The van der Waals surface area contributed by atoms with Crippen molar-refractivity contribution < 1.29 is 34.2 Å².